The third-order valence-corrected chi connectivity index (χ3v) is 3.41. The molecule has 1 aromatic rings. The Kier molecular flexibility index (Phi) is 5.15. The molecule has 0 bridgehead atoms. The van der Waals surface area contributed by atoms with E-state index in [1.54, 1.807) is 17.9 Å². The number of likely N-dealkylation sites (tertiary alicyclic amines) is 1. The number of carbonyl (C=O) groups excluding carboxylic acids is 1. The van der Waals surface area contributed by atoms with Crippen molar-refractivity contribution in [2.45, 2.75) is 32.4 Å². The van der Waals surface area contributed by atoms with Gasteiger partial charge in [0.05, 0.1) is 19.2 Å². The van der Waals surface area contributed by atoms with Crippen LogP contribution in [0.3, 0.4) is 0 Å². The number of hydrogen-bond acceptors (Lipinski definition) is 6. The first-order valence-corrected chi connectivity index (χ1v) is 6.98. The standard InChI is InChI=1S/C13H19N3O5/c1-2-20-13(17)15-7-5-10(6-8-15)14-9-11-3-4-12(21-11)16(18)19/h3-4,10,14H,2,5-9H2,1H3. The molecule has 1 N–H and O–H groups in total. The molecule has 1 aromatic heterocycles. The molecule has 0 saturated carbocycles. The first-order valence-electron chi connectivity index (χ1n) is 6.98. The number of rotatable bonds is 5. The highest BCUT2D eigenvalue weighted by molar-refractivity contribution is 5.67. The number of nitrogens with one attached hydrogen (secondary N) is 1. The Labute approximate surface area is 122 Å². The molecule has 1 fully saturated rings. The van der Waals surface area contributed by atoms with Crippen LogP contribution in [0.25, 0.3) is 0 Å². The van der Waals surface area contributed by atoms with Crippen LogP contribution in [0.15, 0.2) is 16.5 Å². The van der Waals surface area contributed by atoms with Gasteiger partial charge in [-0.05, 0) is 25.8 Å². The Morgan fingerprint density at radius 3 is 2.81 bits per heavy atom. The number of ether oxygens (including phenoxy) is 1. The Bertz CT molecular complexity index is 494. The quantitative estimate of drug-likeness (QED) is 0.658. The van der Waals surface area contributed by atoms with Crippen LogP contribution >= 0.6 is 0 Å². The summed E-state index contributed by atoms with van der Waals surface area (Å²) in [5.74, 6) is 0.290. The van der Waals surface area contributed by atoms with Crippen molar-refractivity contribution >= 4 is 12.0 Å². The number of furan rings is 1. The van der Waals surface area contributed by atoms with Crippen molar-refractivity contribution in [3.05, 3.63) is 28.0 Å². The van der Waals surface area contributed by atoms with Crippen LogP contribution in [0.5, 0.6) is 0 Å². The van der Waals surface area contributed by atoms with Gasteiger partial charge in [0.15, 0.2) is 0 Å². The number of nitrogens with zero attached hydrogens (tertiary/aromatic N) is 2. The van der Waals surface area contributed by atoms with Crippen molar-refractivity contribution in [3.8, 4) is 0 Å². The summed E-state index contributed by atoms with van der Waals surface area (Å²) in [4.78, 5) is 23.2. The van der Waals surface area contributed by atoms with Gasteiger partial charge in [0.25, 0.3) is 0 Å². The van der Waals surface area contributed by atoms with Gasteiger partial charge in [0.2, 0.25) is 0 Å². The number of hydrogen-bond donors (Lipinski definition) is 1. The van der Waals surface area contributed by atoms with E-state index in [9.17, 15) is 14.9 Å². The molecule has 1 aliphatic heterocycles. The second-order valence-electron chi connectivity index (χ2n) is 4.84. The number of carbonyl (C=O) groups is 1. The van der Waals surface area contributed by atoms with Crippen molar-refractivity contribution < 1.29 is 18.9 Å². The molecule has 0 unspecified atom stereocenters. The monoisotopic (exact) mass is 297 g/mol. The van der Waals surface area contributed by atoms with E-state index in [4.69, 9.17) is 9.15 Å². The lowest BCUT2D eigenvalue weighted by Crippen LogP contribution is -2.44. The summed E-state index contributed by atoms with van der Waals surface area (Å²) in [6, 6.07) is 3.21. The molecule has 1 aliphatic rings. The second-order valence-corrected chi connectivity index (χ2v) is 4.84. The lowest BCUT2D eigenvalue weighted by molar-refractivity contribution is -0.402. The summed E-state index contributed by atoms with van der Waals surface area (Å²) in [6.45, 7) is 3.91. The van der Waals surface area contributed by atoms with Crippen LogP contribution in [-0.2, 0) is 11.3 Å². The Morgan fingerprint density at radius 2 is 2.24 bits per heavy atom. The highest BCUT2D eigenvalue weighted by atomic mass is 16.6. The normalized spacial score (nSPS) is 16.0. The molecule has 0 aromatic carbocycles. The zero-order valence-electron chi connectivity index (χ0n) is 11.9. The van der Waals surface area contributed by atoms with Crippen molar-refractivity contribution in [1.82, 2.24) is 10.2 Å². The SMILES string of the molecule is CCOC(=O)N1CCC(NCc2ccc([N+](=O)[O-])o2)CC1. The van der Waals surface area contributed by atoms with Crippen LogP contribution in [0, 0.1) is 10.1 Å². The minimum absolute atomic E-state index is 0.246. The maximum absolute atomic E-state index is 11.6. The molecule has 1 saturated heterocycles. The van der Waals surface area contributed by atoms with Crippen LogP contribution in [0.4, 0.5) is 10.7 Å². The third kappa shape index (κ3) is 4.19. The predicted molar refractivity (Wildman–Crippen MR) is 73.8 cm³/mol. The molecule has 0 atom stereocenters. The van der Waals surface area contributed by atoms with Crippen molar-refractivity contribution in [3.63, 3.8) is 0 Å². The van der Waals surface area contributed by atoms with Crippen molar-refractivity contribution in [1.29, 1.82) is 0 Å². The average Bonchev–Trinajstić information content (AvgIpc) is 2.95. The van der Waals surface area contributed by atoms with Gasteiger partial charge in [-0.2, -0.15) is 0 Å². The maximum atomic E-state index is 11.6. The Morgan fingerprint density at radius 1 is 1.52 bits per heavy atom. The molecule has 116 valence electrons. The average molecular weight is 297 g/mol. The van der Waals surface area contributed by atoms with Gasteiger partial charge in [0, 0.05) is 19.1 Å². The number of nitro groups is 1. The van der Waals surface area contributed by atoms with Gasteiger partial charge < -0.3 is 19.4 Å². The molecule has 21 heavy (non-hydrogen) atoms. The largest absolute Gasteiger partial charge is 0.450 e. The maximum Gasteiger partial charge on any atom is 0.433 e. The lowest BCUT2D eigenvalue weighted by Gasteiger charge is -2.31. The summed E-state index contributed by atoms with van der Waals surface area (Å²) in [5.41, 5.74) is 0. The van der Waals surface area contributed by atoms with E-state index >= 15 is 0 Å². The Hall–Kier alpha value is -2.09. The van der Waals surface area contributed by atoms with E-state index in [0.29, 0.717) is 32.0 Å². The predicted octanol–water partition coefficient (Wildman–Crippen LogP) is 1.90. The molecule has 8 nitrogen and oxygen atoms in total. The van der Waals surface area contributed by atoms with Gasteiger partial charge in [-0.3, -0.25) is 10.1 Å². The lowest BCUT2D eigenvalue weighted by atomic mass is 10.1. The van der Waals surface area contributed by atoms with Crippen LogP contribution in [0.2, 0.25) is 0 Å². The highest BCUT2D eigenvalue weighted by Gasteiger charge is 2.23. The topological polar surface area (TPSA) is 97.8 Å². The molecule has 2 rings (SSSR count). The smallest absolute Gasteiger partial charge is 0.433 e. The summed E-state index contributed by atoms with van der Waals surface area (Å²) in [7, 11) is 0. The van der Waals surface area contributed by atoms with Gasteiger partial charge >= 0.3 is 12.0 Å². The summed E-state index contributed by atoms with van der Waals surface area (Å²) < 4.78 is 10.0. The molecular weight excluding hydrogens is 278 g/mol. The van der Waals surface area contributed by atoms with Gasteiger partial charge in [-0.1, -0.05) is 0 Å². The van der Waals surface area contributed by atoms with Gasteiger partial charge in [-0.25, -0.2) is 4.79 Å². The van der Waals surface area contributed by atoms with Crippen LogP contribution in [-0.4, -0.2) is 41.7 Å². The van der Waals surface area contributed by atoms with Crippen LogP contribution < -0.4 is 5.32 Å². The second kappa shape index (κ2) is 7.07. The third-order valence-electron chi connectivity index (χ3n) is 3.41. The van der Waals surface area contributed by atoms with E-state index in [0.717, 1.165) is 12.8 Å². The first kappa shape index (κ1) is 15.3. The van der Waals surface area contributed by atoms with E-state index in [1.807, 2.05) is 0 Å². The van der Waals surface area contributed by atoms with E-state index in [1.165, 1.54) is 6.07 Å². The number of piperidine rings is 1. The minimum atomic E-state index is -0.554. The molecule has 0 spiro atoms. The summed E-state index contributed by atoms with van der Waals surface area (Å²) in [6.07, 6.45) is 1.38. The molecule has 0 aliphatic carbocycles. The fourth-order valence-electron chi connectivity index (χ4n) is 2.29. The number of amides is 1. The zero-order chi connectivity index (χ0) is 15.2. The van der Waals surface area contributed by atoms with Crippen LogP contribution in [0.1, 0.15) is 25.5 Å². The fourth-order valence-corrected chi connectivity index (χ4v) is 2.29. The van der Waals surface area contributed by atoms with Crippen molar-refractivity contribution in [2.75, 3.05) is 19.7 Å². The molecule has 1 amide bonds. The van der Waals surface area contributed by atoms with Gasteiger partial charge in [0.1, 0.15) is 10.7 Å². The molecule has 8 heteroatoms. The fraction of sp³-hybridized carbons (Fsp3) is 0.615. The molecule has 2 heterocycles. The van der Waals surface area contributed by atoms with E-state index in [-0.39, 0.29) is 18.0 Å². The first-order chi connectivity index (χ1) is 10.1. The molecular formula is C13H19N3O5. The summed E-state index contributed by atoms with van der Waals surface area (Å²) in [5, 5.41) is 13.8. The zero-order valence-corrected chi connectivity index (χ0v) is 11.9. The van der Waals surface area contributed by atoms with E-state index in [2.05, 4.69) is 5.32 Å². The minimum Gasteiger partial charge on any atom is -0.450 e. The summed E-state index contributed by atoms with van der Waals surface area (Å²) >= 11 is 0. The van der Waals surface area contributed by atoms with Crippen molar-refractivity contribution in [2.24, 2.45) is 0 Å². The Balaban J connectivity index is 1.73. The highest BCUT2D eigenvalue weighted by Crippen LogP contribution is 2.17. The van der Waals surface area contributed by atoms with Gasteiger partial charge in [-0.15, -0.1) is 0 Å². The molecule has 0 radical (unpaired) electrons. The van der Waals surface area contributed by atoms with E-state index < -0.39 is 4.92 Å².